The summed E-state index contributed by atoms with van der Waals surface area (Å²) in [7, 11) is -4.18. The van der Waals surface area contributed by atoms with Crippen molar-refractivity contribution in [1.82, 2.24) is 10.2 Å². The number of benzene rings is 2. The average Bonchev–Trinajstić information content (AvgIpc) is 2.76. The van der Waals surface area contributed by atoms with Crippen LogP contribution in [-0.4, -0.2) is 44.4 Å². The van der Waals surface area contributed by atoms with E-state index in [-0.39, 0.29) is 5.56 Å². The Morgan fingerprint density at radius 1 is 1.11 bits per heavy atom. The maximum absolute atomic E-state index is 13.3. The number of carbonyl (C=O) groups excluding carboxylic acids is 1. The molecule has 0 aliphatic carbocycles. The third-order valence-corrected chi connectivity index (χ3v) is 7.14. The van der Waals surface area contributed by atoms with Crippen molar-refractivity contribution in [2.45, 2.75) is 43.0 Å². The van der Waals surface area contributed by atoms with Crippen LogP contribution in [0, 0.1) is 0 Å². The Morgan fingerprint density at radius 2 is 1.78 bits per heavy atom. The van der Waals surface area contributed by atoms with Gasteiger partial charge in [-0.2, -0.15) is 34.8 Å². The molecule has 0 spiro atoms. The highest BCUT2D eigenvalue weighted by Crippen LogP contribution is 2.37. The van der Waals surface area contributed by atoms with Gasteiger partial charge >= 0.3 is 21.8 Å². The number of carbonyl (C=O) groups is 1. The van der Waals surface area contributed by atoms with Crippen molar-refractivity contribution in [1.29, 1.82) is 0 Å². The summed E-state index contributed by atoms with van der Waals surface area (Å²) in [5.41, 5.74) is -7.10. The Hall–Kier alpha value is -2.51. The molecular formula is C22H21ClF6N2O4S. The van der Waals surface area contributed by atoms with Crippen LogP contribution in [0.15, 0.2) is 42.5 Å². The number of halogens is 7. The number of alkyl halides is 6. The molecule has 14 heteroatoms. The van der Waals surface area contributed by atoms with E-state index in [1.807, 2.05) is 4.90 Å². The van der Waals surface area contributed by atoms with E-state index >= 15 is 0 Å². The number of amides is 1. The van der Waals surface area contributed by atoms with Crippen LogP contribution >= 0.6 is 11.6 Å². The van der Waals surface area contributed by atoms with Crippen LogP contribution in [0.25, 0.3) is 0 Å². The molecule has 2 aromatic rings. The average molecular weight is 559 g/mol. The maximum Gasteiger partial charge on any atom is 0.534 e. The lowest BCUT2D eigenvalue weighted by molar-refractivity contribution is -0.137. The Balaban J connectivity index is 1.99. The molecule has 3 rings (SSSR count). The van der Waals surface area contributed by atoms with Gasteiger partial charge in [-0.05, 0) is 56.3 Å². The van der Waals surface area contributed by atoms with Gasteiger partial charge in [-0.1, -0.05) is 36.2 Å². The standard InChI is InChI=1S/C22H21ClF6N2O4S/c1-31-11-3-2-10-17(31)19(13-6-4-7-14(12-13)35-36(33,34)22(27,28)29)30-20(32)15-8-5-9-16(18(15)23)21(24,25)26/h4-9,12,17,19H,2-3,10-11H2,1H3,(H,30,32)/t17-,19-/m0/s1. The van der Waals surface area contributed by atoms with Gasteiger partial charge in [0.25, 0.3) is 5.91 Å². The zero-order valence-corrected chi connectivity index (χ0v) is 20.2. The predicted molar refractivity (Wildman–Crippen MR) is 119 cm³/mol. The zero-order chi connectivity index (χ0) is 26.9. The van der Waals surface area contributed by atoms with Crippen molar-refractivity contribution >= 4 is 27.6 Å². The lowest BCUT2D eigenvalue weighted by Gasteiger charge is -2.38. The highest BCUT2D eigenvalue weighted by Gasteiger charge is 2.48. The minimum atomic E-state index is -5.94. The zero-order valence-electron chi connectivity index (χ0n) is 18.7. The summed E-state index contributed by atoms with van der Waals surface area (Å²) in [6.45, 7) is 0.625. The molecule has 198 valence electrons. The number of piperidine rings is 1. The monoisotopic (exact) mass is 558 g/mol. The molecule has 0 bridgehead atoms. The van der Waals surface area contributed by atoms with Gasteiger partial charge in [-0.3, -0.25) is 4.79 Å². The fraction of sp³-hybridized carbons (Fsp3) is 0.409. The lowest BCUT2D eigenvalue weighted by atomic mass is 9.90. The highest BCUT2D eigenvalue weighted by atomic mass is 35.5. The topological polar surface area (TPSA) is 75.7 Å². The summed E-state index contributed by atoms with van der Waals surface area (Å²) in [5, 5.41) is 1.83. The first-order chi connectivity index (χ1) is 16.6. The lowest BCUT2D eigenvalue weighted by Crippen LogP contribution is -2.47. The number of hydrogen-bond donors (Lipinski definition) is 1. The van der Waals surface area contributed by atoms with Gasteiger partial charge in [-0.15, -0.1) is 0 Å². The molecule has 1 aliphatic heterocycles. The molecule has 0 saturated carbocycles. The second kappa shape index (κ2) is 10.5. The second-order valence-electron chi connectivity index (χ2n) is 8.22. The molecule has 1 N–H and O–H groups in total. The minimum Gasteiger partial charge on any atom is -0.376 e. The van der Waals surface area contributed by atoms with Crippen LogP contribution in [0.4, 0.5) is 26.3 Å². The van der Waals surface area contributed by atoms with Gasteiger partial charge in [0, 0.05) is 6.04 Å². The molecule has 0 unspecified atom stereocenters. The summed E-state index contributed by atoms with van der Waals surface area (Å²) in [6.07, 6.45) is -2.65. The van der Waals surface area contributed by atoms with E-state index in [1.165, 1.54) is 12.1 Å². The highest BCUT2D eigenvalue weighted by molar-refractivity contribution is 7.88. The molecule has 1 amide bonds. The molecule has 1 saturated heterocycles. The predicted octanol–water partition coefficient (Wildman–Crippen LogP) is 5.54. The quantitative estimate of drug-likeness (QED) is 0.286. The Morgan fingerprint density at radius 3 is 2.39 bits per heavy atom. The number of likely N-dealkylation sites (tertiary alicyclic amines) is 1. The second-order valence-corrected chi connectivity index (χ2v) is 10.1. The Bertz CT molecular complexity index is 1220. The first kappa shape index (κ1) is 28.1. The third-order valence-electron chi connectivity index (χ3n) is 5.75. The number of likely N-dealkylation sites (N-methyl/N-ethyl adjacent to an activating group) is 1. The molecule has 6 nitrogen and oxygen atoms in total. The molecule has 2 atom stereocenters. The smallest absolute Gasteiger partial charge is 0.376 e. The van der Waals surface area contributed by atoms with Crippen molar-refractivity contribution in [3.8, 4) is 5.75 Å². The number of rotatable bonds is 6. The van der Waals surface area contributed by atoms with Crippen LogP contribution in [0.1, 0.15) is 46.8 Å². The molecule has 2 aromatic carbocycles. The number of hydrogen-bond acceptors (Lipinski definition) is 5. The van der Waals surface area contributed by atoms with Gasteiger partial charge in [0.1, 0.15) is 5.75 Å². The molecule has 36 heavy (non-hydrogen) atoms. The first-order valence-electron chi connectivity index (χ1n) is 10.6. The van der Waals surface area contributed by atoms with E-state index in [2.05, 4.69) is 9.50 Å². The fourth-order valence-electron chi connectivity index (χ4n) is 4.00. The van der Waals surface area contributed by atoms with E-state index in [0.717, 1.165) is 43.2 Å². The molecule has 1 fully saturated rings. The van der Waals surface area contributed by atoms with Gasteiger partial charge in [0.05, 0.1) is 22.2 Å². The van der Waals surface area contributed by atoms with Crippen molar-refractivity contribution in [2.24, 2.45) is 0 Å². The van der Waals surface area contributed by atoms with Crippen LogP contribution in [-0.2, 0) is 16.3 Å². The normalized spacial score (nSPS) is 18.5. The molecule has 0 aromatic heterocycles. The van der Waals surface area contributed by atoms with E-state index < -0.39 is 61.7 Å². The maximum atomic E-state index is 13.3. The molecular weight excluding hydrogens is 538 g/mol. The summed E-state index contributed by atoms with van der Waals surface area (Å²) in [6, 6.07) is 6.25. The number of nitrogens with zero attached hydrogens (tertiary/aromatic N) is 1. The van der Waals surface area contributed by atoms with E-state index in [1.54, 1.807) is 7.05 Å². The van der Waals surface area contributed by atoms with Gasteiger partial charge in [0.15, 0.2) is 0 Å². The fourth-order valence-corrected chi connectivity index (χ4v) is 4.77. The number of nitrogens with one attached hydrogen (secondary N) is 1. The van der Waals surface area contributed by atoms with Gasteiger partial charge < -0.3 is 14.4 Å². The van der Waals surface area contributed by atoms with Gasteiger partial charge in [-0.25, -0.2) is 0 Å². The largest absolute Gasteiger partial charge is 0.534 e. The Labute approximate surface area is 208 Å². The minimum absolute atomic E-state index is 0.195. The molecule has 0 radical (unpaired) electrons. The van der Waals surface area contributed by atoms with Crippen molar-refractivity contribution < 1.29 is 43.7 Å². The first-order valence-corrected chi connectivity index (χ1v) is 12.4. The molecule has 1 heterocycles. The van der Waals surface area contributed by atoms with Crippen LogP contribution in [0.2, 0.25) is 5.02 Å². The van der Waals surface area contributed by atoms with Gasteiger partial charge in [0.2, 0.25) is 0 Å². The van der Waals surface area contributed by atoms with Crippen LogP contribution < -0.4 is 9.50 Å². The summed E-state index contributed by atoms with van der Waals surface area (Å²) in [4.78, 5) is 15.0. The van der Waals surface area contributed by atoms with E-state index in [4.69, 9.17) is 11.6 Å². The summed E-state index contributed by atoms with van der Waals surface area (Å²) < 4.78 is 105. The van der Waals surface area contributed by atoms with Crippen molar-refractivity contribution in [3.63, 3.8) is 0 Å². The third kappa shape index (κ3) is 6.24. The van der Waals surface area contributed by atoms with Crippen molar-refractivity contribution in [3.05, 3.63) is 64.2 Å². The van der Waals surface area contributed by atoms with E-state index in [0.29, 0.717) is 13.0 Å². The summed E-state index contributed by atoms with van der Waals surface area (Å²) in [5.74, 6) is -1.58. The molecule has 1 aliphatic rings. The van der Waals surface area contributed by atoms with Crippen LogP contribution in [0.5, 0.6) is 5.75 Å². The summed E-state index contributed by atoms with van der Waals surface area (Å²) >= 11 is 5.89. The van der Waals surface area contributed by atoms with Crippen LogP contribution in [0.3, 0.4) is 0 Å². The SMILES string of the molecule is CN1CCCC[C@H]1[C@@H](NC(=O)c1cccc(C(F)(F)F)c1Cl)c1cccc(OS(=O)(=O)C(F)(F)F)c1. The van der Waals surface area contributed by atoms with E-state index in [9.17, 15) is 39.6 Å². The van der Waals surface area contributed by atoms with Crippen molar-refractivity contribution in [2.75, 3.05) is 13.6 Å². The Kier molecular flexibility index (Phi) is 8.16.